The van der Waals surface area contributed by atoms with Gasteiger partial charge in [0.25, 0.3) is 0 Å². The number of allylic oxidation sites excluding steroid dienone is 16. The van der Waals surface area contributed by atoms with Crippen LogP contribution in [0.1, 0.15) is 252 Å². The average Bonchev–Trinajstić information content (AvgIpc) is 3.41. The first kappa shape index (κ1) is 72.4. The molecule has 11 nitrogen and oxygen atoms in total. The van der Waals surface area contributed by atoms with Crippen molar-refractivity contribution < 1.29 is 52.2 Å². The van der Waals surface area contributed by atoms with Crippen LogP contribution in [0.2, 0.25) is 0 Å². The highest BCUT2D eigenvalue weighted by molar-refractivity contribution is 7.47. The number of phosphoric ester groups is 1. The quantitative estimate of drug-likeness (QED) is 0.0197. The Morgan fingerprint density at radius 1 is 0.382 bits per heavy atom. The van der Waals surface area contributed by atoms with Gasteiger partial charge in [-0.05, 0) is 116 Å². The molecule has 12 heteroatoms. The lowest BCUT2D eigenvalue weighted by Gasteiger charge is -2.21. The van der Waals surface area contributed by atoms with Gasteiger partial charge in [-0.3, -0.25) is 23.4 Å². The maximum atomic E-state index is 12.9. The fourth-order valence-electron chi connectivity index (χ4n) is 7.94. The number of hydrogen-bond acceptors (Lipinski definition) is 10. The van der Waals surface area contributed by atoms with Gasteiger partial charge in [-0.1, -0.05) is 214 Å². The molecule has 0 aromatic carbocycles. The molecule has 0 aromatic heterocycles. The van der Waals surface area contributed by atoms with Crippen LogP contribution in [0.25, 0.3) is 0 Å². The first-order valence-electron chi connectivity index (χ1n) is 30.1. The SMILES string of the molecule is CC/C=C\C/C=C\C/C=C\C/C=C\CCCCC(=O)OC(CO)COP(=O)(O)OCC(COC(=O)CCCCCCCCC/C=C\C/C=C\C/C=C\CC)OC(=O)CCCCCCCCC/C=C\CCCCCCCC. The van der Waals surface area contributed by atoms with Crippen molar-refractivity contribution in [2.24, 2.45) is 0 Å². The van der Waals surface area contributed by atoms with Gasteiger partial charge in [0, 0.05) is 19.3 Å². The van der Waals surface area contributed by atoms with E-state index in [-0.39, 0.29) is 25.9 Å². The standard InChI is InChI=1S/C64H109O11P/c1-4-7-10-13-16-19-22-25-28-30-33-35-38-41-44-47-50-53-62(66)71-57-61(75-64(68)55-52-49-46-43-40-37-34-31-29-26-23-20-17-14-11-8-5-2)59-73-76(69,70)72-58-60(56-65)74-63(67)54-51-48-45-42-39-36-32-27-24-21-18-15-12-9-6-3/h7,9-10,12,16,18-19,21,25-29,32,39,42,60-61,65H,4-6,8,11,13-15,17,20,22-24,30-31,33-38,40-41,43-59H2,1-3H3,(H,69,70)/b10-7-,12-9-,19-16-,21-18-,28-25-,29-26-,32-27-,42-39-. The van der Waals surface area contributed by atoms with Gasteiger partial charge in [0.05, 0.1) is 19.8 Å². The molecule has 0 aromatic rings. The third-order valence-electron chi connectivity index (χ3n) is 12.5. The maximum absolute atomic E-state index is 12.9. The smallest absolute Gasteiger partial charge is 0.462 e. The molecule has 0 aliphatic heterocycles. The Balaban J connectivity index is 4.78. The lowest BCUT2D eigenvalue weighted by molar-refractivity contribution is -0.161. The van der Waals surface area contributed by atoms with Crippen LogP contribution < -0.4 is 0 Å². The molecule has 2 N–H and O–H groups in total. The van der Waals surface area contributed by atoms with E-state index in [1.165, 1.54) is 70.6 Å². The van der Waals surface area contributed by atoms with Crippen LogP contribution in [-0.4, -0.2) is 66.5 Å². The Labute approximate surface area is 463 Å². The minimum Gasteiger partial charge on any atom is -0.462 e. The summed E-state index contributed by atoms with van der Waals surface area (Å²) in [5.74, 6) is -1.52. The van der Waals surface area contributed by atoms with Crippen LogP contribution in [-0.2, 0) is 42.2 Å². The predicted octanol–water partition coefficient (Wildman–Crippen LogP) is 18.0. The normalized spacial score (nSPS) is 14.0. The summed E-state index contributed by atoms with van der Waals surface area (Å²) in [6, 6.07) is 0. The van der Waals surface area contributed by atoms with Gasteiger partial charge in [-0.15, -0.1) is 0 Å². The molecule has 0 aliphatic rings. The third kappa shape index (κ3) is 55.2. The molecule has 0 aliphatic carbocycles. The topological polar surface area (TPSA) is 155 Å². The number of hydrogen-bond donors (Lipinski definition) is 2. The van der Waals surface area contributed by atoms with E-state index in [0.29, 0.717) is 19.3 Å². The van der Waals surface area contributed by atoms with Crippen LogP contribution in [0.3, 0.4) is 0 Å². The molecule has 76 heavy (non-hydrogen) atoms. The minimum absolute atomic E-state index is 0.121. The van der Waals surface area contributed by atoms with E-state index in [4.69, 9.17) is 23.3 Å². The van der Waals surface area contributed by atoms with Crippen molar-refractivity contribution in [3.63, 3.8) is 0 Å². The lowest BCUT2D eigenvalue weighted by Crippen LogP contribution is -2.30. The molecule has 0 radical (unpaired) electrons. The van der Waals surface area contributed by atoms with Crippen molar-refractivity contribution in [3.05, 3.63) is 97.2 Å². The van der Waals surface area contributed by atoms with Crippen molar-refractivity contribution in [1.29, 1.82) is 0 Å². The zero-order chi connectivity index (χ0) is 55.5. The van der Waals surface area contributed by atoms with E-state index < -0.39 is 57.8 Å². The molecule has 0 spiro atoms. The summed E-state index contributed by atoms with van der Waals surface area (Å²) in [5, 5.41) is 9.82. The number of aliphatic hydroxyl groups excluding tert-OH is 1. The molecule has 0 amide bonds. The molecule has 0 saturated heterocycles. The molecule has 3 unspecified atom stereocenters. The van der Waals surface area contributed by atoms with Gasteiger partial charge in [-0.25, -0.2) is 4.57 Å². The summed E-state index contributed by atoms with van der Waals surface area (Å²) in [5.41, 5.74) is 0. The van der Waals surface area contributed by atoms with Gasteiger partial charge in [0.2, 0.25) is 0 Å². The lowest BCUT2D eigenvalue weighted by atomic mass is 10.1. The van der Waals surface area contributed by atoms with Crippen LogP contribution in [0, 0.1) is 0 Å². The number of unbranched alkanes of at least 4 members (excludes halogenated alkanes) is 22. The van der Waals surface area contributed by atoms with Crippen molar-refractivity contribution in [2.75, 3.05) is 26.4 Å². The number of rotatable bonds is 55. The fraction of sp³-hybridized carbons (Fsp3) is 0.703. The first-order valence-corrected chi connectivity index (χ1v) is 31.6. The second-order valence-electron chi connectivity index (χ2n) is 19.7. The number of phosphoric acid groups is 1. The Morgan fingerprint density at radius 2 is 0.684 bits per heavy atom. The Morgan fingerprint density at radius 3 is 1.09 bits per heavy atom. The van der Waals surface area contributed by atoms with Gasteiger partial charge in [0.15, 0.2) is 6.10 Å². The Hall–Kier alpha value is -3.60. The zero-order valence-corrected chi connectivity index (χ0v) is 49.1. The van der Waals surface area contributed by atoms with E-state index >= 15 is 0 Å². The molecule has 3 atom stereocenters. The summed E-state index contributed by atoms with van der Waals surface area (Å²) >= 11 is 0. The average molecular weight is 1090 g/mol. The number of ether oxygens (including phenoxy) is 3. The van der Waals surface area contributed by atoms with Crippen LogP contribution in [0.15, 0.2) is 97.2 Å². The highest BCUT2D eigenvalue weighted by Gasteiger charge is 2.28. The highest BCUT2D eigenvalue weighted by Crippen LogP contribution is 2.43. The molecular formula is C64H109O11P. The second-order valence-corrected chi connectivity index (χ2v) is 21.2. The largest absolute Gasteiger partial charge is 0.472 e. The van der Waals surface area contributed by atoms with Crippen LogP contribution >= 0.6 is 7.82 Å². The number of carbonyl (C=O) groups excluding carboxylic acids is 3. The molecule has 0 fully saturated rings. The predicted molar refractivity (Wildman–Crippen MR) is 316 cm³/mol. The molecule has 0 heterocycles. The first-order chi connectivity index (χ1) is 37.2. The minimum atomic E-state index is -4.77. The van der Waals surface area contributed by atoms with Crippen LogP contribution in [0.5, 0.6) is 0 Å². The molecular weight excluding hydrogens is 976 g/mol. The summed E-state index contributed by atoms with van der Waals surface area (Å²) in [6.07, 6.45) is 67.9. The van der Waals surface area contributed by atoms with E-state index in [0.717, 1.165) is 122 Å². The van der Waals surface area contributed by atoms with Crippen molar-refractivity contribution in [3.8, 4) is 0 Å². The van der Waals surface area contributed by atoms with Crippen LogP contribution in [0.4, 0.5) is 0 Å². The fourth-order valence-corrected chi connectivity index (χ4v) is 8.73. The Bertz CT molecular complexity index is 1640. The third-order valence-corrected chi connectivity index (χ3v) is 13.4. The van der Waals surface area contributed by atoms with E-state index in [9.17, 15) is 28.9 Å². The monoisotopic (exact) mass is 1080 g/mol. The summed E-state index contributed by atoms with van der Waals surface area (Å²) in [4.78, 5) is 48.6. The molecule has 0 saturated carbocycles. The second kappa shape index (κ2) is 57.6. The van der Waals surface area contributed by atoms with E-state index in [2.05, 4.69) is 118 Å². The number of esters is 3. The van der Waals surface area contributed by atoms with Gasteiger partial charge >= 0.3 is 25.7 Å². The highest BCUT2D eigenvalue weighted by atomic mass is 31.2. The van der Waals surface area contributed by atoms with E-state index in [1.54, 1.807) is 0 Å². The molecule has 0 rings (SSSR count). The summed E-state index contributed by atoms with van der Waals surface area (Å²) in [6.45, 7) is 4.36. The summed E-state index contributed by atoms with van der Waals surface area (Å²) < 4.78 is 39.5. The Kier molecular flexibility index (Phi) is 54.8. The van der Waals surface area contributed by atoms with Gasteiger partial charge in [-0.2, -0.15) is 0 Å². The molecule has 0 bridgehead atoms. The van der Waals surface area contributed by atoms with E-state index in [1.807, 2.05) is 0 Å². The number of carbonyl (C=O) groups is 3. The van der Waals surface area contributed by atoms with Gasteiger partial charge < -0.3 is 24.2 Å². The summed E-state index contributed by atoms with van der Waals surface area (Å²) in [7, 11) is -4.77. The zero-order valence-electron chi connectivity index (χ0n) is 48.2. The number of aliphatic hydroxyl groups is 1. The maximum Gasteiger partial charge on any atom is 0.472 e. The van der Waals surface area contributed by atoms with Crippen molar-refractivity contribution >= 4 is 25.7 Å². The molecule has 436 valence electrons. The van der Waals surface area contributed by atoms with Crippen molar-refractivity contribution in [1.82, 2.24) is 0 Å². The van der Waals surface area contributed by atoms with Gasteiger partial charge in [0.1, 0.15) is 12.7 Å². The van der Waals surface area contributed by atoms with Crippen molar-refractivity contribution in [2.45, 2.75) is 264 Å².